The first-order valence-corrected chi connectivity index (χ1v) is 8.84. The second-order valence-electron chi connectivity index (χ2n) is 6.52. The van der Waals surface area contributed by atoms with Crippen LogP contribution in [0.1, 0.15) is 35.2 Å². The van der Waals surface area contributed by atoms with Gasteiger partial charge in [0.15, 0.2) is 0 Å². The van der Waals surface area contributed by atoms with E-state index < -0.39 is 0 Å². The van der Waals surface area contributed by atoms with Crippen LogP contribution in [0.4, 0.5) is 0 Å². The Morgan fingerprint density at radius 1 is 1.12 bits per heavy atom. The number of aryl methyl sites for hydroxylation is 1. The molecule has 0 radical (unpaired) electrons. The van der Waals surface area contributed by atoms with Gasteiger partial charge in [0.05, 0.1) is 0 Å². The maximum Gasteiger partial charge on any atom is 0.253 e. The van der Waals surface area contributed by atoms with Crippen LogP contribution in [0.3, 0.4) is 0 Å². The van der Waals surface area contributed by atoms with Crippen LogP contribution in [-0.2, 0) is 0 Å². The quantitative estimate of drug-likeness (QED) is 0.885. The first-order valence-electron chi connectivity index (χ1n) is 8.46. The highest BCUT2D eigenvalue weighted by Crippen LogP contribution is 2.26. The molecule has 3 rings (SSSR count). The number of likely N-dealkylation sites (tertiary alicyclic amines) is 1. The average Bonchev–Trinajstić information content (AvgIpc) is 2.79. The summed E-state index contributed by atoms with van der Waals surface area (Å²) in [7, 11) is 0. The van der Waals surface area contributed by atoms with Crippen molar-refractivity contribution in [3.63, 3.8) is 0 Å². The van der Waals surface area contributed by atoms with Crippen LogP contribution in [0, 0.1) is 6.92 Å². The van der Waals surface area contributed by atoms with Crippen molar-refractivity contribution in [1.82, 2.24) is 4.90 Å². The van der Waals surface area contributed by atoms with Gasteiger partial charge in [0.2, 0.25) is 0 Å². The number of carbonyl (C=O) groups is 1. The van der Waals surface area contributed by atoms with Crippen LogP contribution in [0.25, 0.3) is 11.1 Å². The van der Waals surface area contributed by atoms with Gasteiger partial charge >= 0.3 is 0 Å². The summed E-state index contributed by atoms with van der Waals surface area (Å²) in [4.78, 5) is 14.6. The molecule has 1 fully saturated rings. The van der Waals surface area contributed by atoms with E-state index in [4.69, 9.17) is 17.3 Å². The third kappa shape index (κ3) is 3.80. The Hall–Kier alpha value is -1.84. The Morgan fingerprint density at radius 2 is 1.88 bits per heavy atom. The van der Waals surface area contributed by atoms with Gasteiger partial charge in [0.1, 0.15) is 0 Å². The lowest BCUT2D eigenvalue weighted by atomic mass is 9.99. The number of rotatable bonds is 2. The predicted molar refractivity (Wildman–Crippen MR) is 99.4 cm³/mol. The third-order valence-corrected chi connectivity index (χ3v) is 4.93. The van der Waals surface area contributed by atoms with Crippen molar-refractivity contribution < 1.29 is 4.79 Å². The Labute approximate surface area is 148 Å². The van der Waals surface area contributed by atoms with E-state index in [1.165, 1.54) is 0 Å². The van der Waals surface area contributed by atoms with E-state index in [1.807, 2.05) is 54.3 Å². The summed E-state index contributed by atoms with van der Waals surface area (Å²) in [5, 5.41) is 0.738. The molecular weight excluding hydrogens is 320 g/mol. The molecule has 1 amide bonds. The second kappa shape index (κ2) is 7.37. The van der Waals surface area contributed by atoms with Gasteiger partial charge in [-0.3, -0.25) is 4.79 Å². The second-order valence-corrected chi connectivity index (χ2v) is 6.96. The van der Waals surface area contributed by atoms with Gasteiger partial charge in [-0.1, -0.05) is 29.8 Å². The van der Waals surface area contributed by atoms with E-state index in [9.17, 15) is 4.79 Å². The monoisotopic (exact) mass is 342 g/mol. The number of hydrogen-bond acceptors (Lipinski definition) is 2. The maximum absolute atomic E-state index is 12.7. The fraction of sp³-hybridized carbons (Fsp3) is 0.350. The topological polar surface area (TPSA) is 46.3 Å². The van der Waals surface area contributed by atoms with E-state index in [1.54, 1.807) is 0 Å². The van der Waals surface area contributed by atoms with Gasteiger partial charge < -0.3 is 10.6 Å². The molecule has 0 aliphatic carbocycles. The molecule has 0 spiro atoms. The normalized spacial score (nSPS) is 18.3. The van der Waals surface area contributed by atoms with Crippen molar-refractivity contribution in [2.75, 3.05) is 13.1 Å². The number of benzene rings is 2. The number of carbonyl (C=O) groups excluding carboxylic acids is 1. The van der Waals surface area contributed by atoms with Crippen molar-refractivity contribution in [3.05, 3.63) is 58.6 Å². The highest BCUT2D eigenvalue weighted by Gasteiger charge is 2.19. The molecule has 1 unspecified atom stereocenters. The minimum atomic E-state index is 0.100. The summed E-state index contributed by atoms with van der Waals surface area (Å²) in [6.07, 6.45) is 2.86. The molecule has 1 aliphatic heterocycles. The SMILES string of the molecule is Cc1cc(Cl)ccc1-c1ccc(C(=O)N2CCCC(N)CC2)cc1. The Balaban J connectivity index is 1.77. The summed E-state index contributed by atoms with van der Waals surface area (Å²) in [5.74, 6) is 0.100. The highest BCUT2D eigenvalue weighted by atomic mass is 35.5. The molecule has 1 atom stereocenters. The lowest BCUT2D eigenvalue weighted by molar-refractivity contribution is 0.0761. The molecule has 3 nitrogen and oxygen atoms in total. The number of nitrogens with zero attached hydrogens (tertiary/aromatic N) is 1. The Bertz CT molecular complexity index is 727. The van der Waals surface area contributed by atoms with Crippen molar-refractivity contribution >= 4 is 17.5 Å². The molecule has 1 heterocycles. The number of hydrogen-bond donors (Lipinski definition) is 1. The van der Waals surface area contributed by atoms with Gasteiger partial charge in [-0.2, -0.15) is 0 Å². The predicted octanol–water partition coefficient (Wildman–Crippen LogP) is 4.27. The van der Waals surface area contributed by atoms with Gasteiger partial charge in [-0.05, 0) is 67.1 Å². The zero-order valence-electron chi connectivity index (χ0n) is 14.0. The summed E-state index contributed by atoms with van der Waals surface area (Å²) in [5.41, 5.74) is 10.1. The molecule has 2 aromatic rings. The lowest BCUT2D eigenvalue weighted by Crippen LogP contribution is -2.32. The molecule has 24 heavy (non-hydrogen) atoms. The van der Waals surface area contributed by atoms with E-state index in [0.717, 1.165) is 59.6 Å². The lowest BCUT2D eigenvalue weighted by Gasteiger charge is -2.20. The highest BCUT2D eigenvalue weighted by molar-refractivity contribution is 6.30. The van der Waals surface area contributed by atoms with E-state index in [0.29, 0.717) is 0 Å². The molecule has 126 valence electrons. The minimum Gasteiger partial charge on any atom is -0.339 e. The maximum atomic E-state index is 12.7. The molecule has 1 saturated heterocycles. The first-order chi connectivity index (χ1) is 11.5. The molecule has 0 saturated carbocycles. The first kappa shape index (κ1) is 17.0. The summed E-state index contributed by atoms with van der Waals surface area (Å²) in [6, 6.07) is 13.9. The van der Waals surface area contributed by atoms with Crippen molar-refractivity contribution in [3.8, 4) is 11.1 Å². The van der Waals surface area contributed by atoms with Gasteiger partial charge in [-0.15, -0.1) is 0 Å². The average molecular weight is 343 g/mol. The molecule has 2 aromatic carbocycles. The fourth-order valence-electron chi connectivity index (χ4n) is 3.25. The van der Waals surface area contributed by atoms with Gasteiger partial charge in [-0.25, -0.2) is 0 Å². The summed E-state index contributed by atoms with van der Waals surface area (Å²) >= 11 is 6.02. The summed E-state index contributed by atoms with van der Waals surface area (Å²) < 4.78 is 0. The minimum absolute atomic E-state index is 0.100. The summed E-state index contributed by atoms with van der Waals surface area (Å²) in [6.45, 7) is 3.59. The van der Waals surface area contributed by atoms with Crippen LogP contribution in [-0.4, -0.2) is 29.9 Å². The van der Waals surface area contributed by atoms with E-state index >= 15 is 0 Å². The largest absolute Gasteiger partial charge is 0.339 e. The third-order valence-electron chi connectivity index (χ3n) is 4.69. The number of halogens is 1. The Kier molecular flexibility index (Phi) is 5.22. The Morgan fingerprint density at radius 3 is 2.58 bits per heavy atom. The standard InChI is InChI=1S/C20H23ClN2O/c1-14-13-17(21)8-9-19(14)15-4-6-16(7-5-15)20(24)23-11-2-3-18(22)10-12-23/h4-9,13,18H,2-3,10-12,22H2,1H3. The molecule has 0 aromatic heterocycles. The molecule has 4 heteroatoms. The van der Waals surface area contributed by atoms with E-state index in [-0.39, 0.29) is 11.9 Å². The van der Waals surface area contributed by atoms with E-state index in [2.05, 4.69) is 0 Å². The van der Waals surface area contributed by atoms with Crippen molar-refractivity contribution in [2.24, 2.45) is 5.73 Å². The molecular formula is C20H23ClN2O. The zero-order valence-corrected chi connectivity index (χ0v) is 14.7. The smallest absolute Gasteiger partial charge is 0.253 e. The van der Waals surface area contributed by atoms with Gasteiger partial charge in [0, 0.05) is 29.7 Å². The molecule has 0 bridgehead atoms. The van der Waals surface area contributed by atoms with Crippen LogP contribution in [0.2, 0.25) is 5.02 Å². The number of amides is 1. The van der Waals surface area contributed by atoms with Crippen LogP contribution >= 0.6 is 11.6 Å². The fourth-order valence-corrected chi connectivity index (χ4v) is 3.48. The molecule has 1 aliphatic rings. The zero-order chi connectivity index (χ0) is 17.1. The van der Waals surface area contributed by atoms with Crippen LogP contribution in [0.5, 0.6) is 0 Å². The molecule has 2 N–H and O–H groups in total. The van der Waals surface area contributed by atoms with Crippen molar-refractivity contribution in [2.45, 2.75) is 32.2 Å². The van der Waals surface area contributed by atoms with Crippen LogP contribution in [0.15, 0.2) is 42.5 Å². The number of nitrogens with two attached hydrogens (primary N) is 1. The van der Waals surface area contributed by atoms with Crippen LogP contribution < -0.4 is 5.73 Å². The van der Waals surface area contributed by atoms with Crippen molar-refractivity contribution in [1.29, 1.82) is 0 Å². The van der Waals surface area contributed by atoms with Gasteiger partial charge in [0.25, 0.3) is 5.91 Å².